The molecule has 1 aromatic rings. The van der Waals surface area contributed by atoms with Crippen molar-refractivity contribution in [2.24, 2.45) is 0 Å². The highest BCUT2D eigenvalue weighted by molar-refractivity contribution is 5.77. The zero-order valence-electron chi connectivity index (χ0n) is 11.9. The van der Waals surface area contributed by atoms with E-state index in [-0.39, 0.29) is 18.6 Å². The Balaban J connectivity index is 1.55. The van der Waals surface area contributed by atoms with Crippen LogP contribution in [-0.4, -0.2) is 43.2 Å². The first-order chi connectivity index (χ1) is 9.72. The van der Waals surface area contributed by atoms with Gasteiger partial charge >= 0.3 is 0 Å². The number of ether oxygens (including phenoxy) is 2. The smallest absolute Gasteiger partial charge is 0.260 e. The first-order valence-corrected chi connectivity index (χ1v) is 7.36. The fourth-order valence-corrected chi connectivity index (χ4v) is 2.92. The van der Waals surface area contributed by atoms with E-state index in [9.17, 15) is 4.79 Å². The summed E-state index contributed by atoms with van der Waals surface area (Å²) in [5, 5.41) is 0. The average molecular weight is 275 g/mol. The van der Waals surface area contributed by atoms with Crippen molar-refractivity contribution in [2.75, 3.05) is 26.3 Å². The van der Waals surface area contributed by atoms with Crippen LogP contribution in [-0.2, 0) is 22.4 Å². The first-order valence-electron chi connectivity index (χ1n) is 7.36. The van der Waals surface area contributed by atoms with Gasteiger partial charge in [0.05, 0.1) is 12.7 Å². The Morgan fingerprint density at radius 2 is 2.25 bits per heavy atom. The van der Waals surface area contributed by atoms with Gasteiger partial charge in [0.2, 0.25) is 0 Å². The van der Waals surface area contributed by atoms with E-state index in [1.807, 2.05) is 17.9 Å². The fraction of sp³-hybridized carbons (Fsp3) is 0.562. The molecule has 0 radical (unpaired) electrons. The van der Waals surface area contributed by atoms with Crippen molar-refractivity contribution in [3.05, 3.63) is 29.3 Å². The van der Waals surface area contributed by atoms with Crippen LogP contribution in [0.25, 0.3) is 0 Å². The Morgan fingerprint density at radius 3 is 3.10 bits per heavy atom. The van der Waals surface area contributed by atoms with Gasteiger partial charge in [-0.05, 0) is 49.4 Å². The molecule has 0 spiro atoms. The molecule has 0 saturated carbocycles. The van der Waals surface area contributed by atoms with Crippen LogP contribution in [0.1, 0.15) is 24.5 Å². The lowest BCUT2D eigenvalue weighted by molar-refractivity contribution is -0.140. The van der Waals surface area contributed by atoms with E-state index in [0.717, 1.165) is 12.2 Å². The largest absolute Gasteiger partial charge is 0.484 e. The summed E-state index contributed by atoms with van der Waals surface area (Å²) >= 11 is 0. The Labute approximate surface area is 119 Å². The average Bonchev–Trinajstić information content (AvgIpc) is 2.92. The number of amides is 1. The summed E-state index contributed by atoms with van der Waals surface area (Å²) in [6.07, 6.45) is 3.64. The second-order valence-electron chi connectivity index (χ2n) is 5.59. The van der Waals surface area contributed by atoms with Crippen LogP contribution < -0.4 is 4.74 Å². The van der Waals surface area contributed by atoms with E-state index in [1.54, 1.807) is 0 Å². The summed E-state index contributed by atoms with van der Waals surface area (Å²) in [6.45, 7) is 4.04. The predicted molar refractivity (Wildman–Crippen MR) is 76.0 cm³/mol. The second kappa shape index (κ2) is 5.83. The van der Waals surface area contributed by atoms with Crippen molar-refractivity contribution in [1.29, 1.82) is 0 Å². The molecule has 3 rings (SSSR count). The molecule has 1 unspecified atom stereocenters. The summed E-state index contributed by atoms with van der Waals surface area (Å²) in [5.41, 5.74) is 2.79. The number of nitrogens with zero attached hydrogens (tertiary/aromatic N) is 1. The Bertz CT molecular complexity index is 500. The fourth-order valence-electron chi connectivity index (χ4n) is 2.92. The summed E-state index contributed by atoms with van der Waals surface area (Å²) in [7, 11) is 0. The van der Waals surface area contributed by atoms with Gasteiger partial charge in [0, 0.05) is 13.1 Å². The highest BCUT2D eigenvalue weighted by Gasteiger charge is 2.21. The molecular formula is C16H21NO3. The van der Waals surface area contributed by atoms with Gasteiger partial charge in [-0.1, -0.05) is 6.07 Å². The van der Waals surface area contributed by atoms with Crippen LogP contribution in [0.3, 0.4) is 0 Å². The van der Waals surface area contributed by atoms with Crippen molar-refractivity contribution in [3.63, 3.8) is 0 Å². The normalized spacial score (nSPS) is 21.6. The molecule has 0 aromatic heterocycles. The molecule has 2 aliphatic rings. The van der Waals surface area contributed by atoms with E-state index in [0.29, 0.717) is 19.7 Å². The number of benzene rings is 1. The third kappa shape index (κ3) is 2.96. The molecule has 4 heteroatoms. The molecule has 1 heterocycles. The molecule has 1 saturated heterocycles. The minimum absolute atomic E-state index is 0.0423. The Kier molecular flexibility index (Phi) is 3.92. The molecule has 4 nitrogen and oxygen atoms in total. The van der Waals surface area contributed by atoms with Crippen LogP contribution in [0, 0.1) is 0 Å². The van der Waals surface area contributed by atoms with Crippen molar-refractivity contribution >= 4 is 5.91 Å². The van der Waals surface area contributed by atoms with Crippen LogP contribution in [0.15, 0.2) is 18.2 Å². The number of carbonyl (C=O) groups is 1. The second-order valence-corrected chi connectivity index (χ2v) is 5.59. The molecule has 1 aliphatic carbocycles. The first kappa shape index (κ1) is 13.4. The maximum atomic E-state index is 12.1. The number of rotatable bonds is 3. The van der Waals surface area contributed by atoms with E-state index in [4.69, 9.17) is 9.47 Å². The van der Waals surface area contributed by atoms with Gasteiger partial charge in [0.1, 0.15) is 5.75 Å². The van der Waals surface area contributed by atoms with Gasteiger partial charge in [-0.15, -0.1) is 0 Å². The lowest BCUT2D eigenvalue weighted by Crippen LogP contribution is -2.46. The number of carbonyl (C=O) groups excluding carboxylic acids is 1. The van der Waals surface area contributed by atoms with Crippen molar-refractivity contribution < 1.29 is 14.3 Å². The summed E-state index contributed by atoms with van der Waals surface area (Å²) < 4.78 is 11.1. The van der Waals surface area contributed by atoms with Crippen LogP contribution in [0.2, 0.25) is 0 Å². The molecule has 20 heavy (non-hydrogen) atoms. The zero-order chi connectivity index (χ0) is 13.9. The van der Waals surface area contributed by atoms with E-state index in [1.165, 1.54) is 24.0 Å². The van der Waals surface area contributed by atoms with Gasteiger partial charge in [-0.2, -0.15) is 0 Å². The number of fused-ring (bicyclic) bond motifs is 1. The molecule has 0 bridgehead atoms. The van der Waals surface area contributed by atoms with E-state index < -0.39 is 0 Å². The SMILES string of the molecule is CC1CN(C(=O)COc2ccc3c(c2)CCC3)CCO1. The molecule has 1 aromatic carbocycles. The number of hydrogen-bond donors (Lipinski definition) is 0. The quantitative estimate of drug-likeness (QED) is 0.844. The third-order valence-electron chi connectivity index (χ3n) is 4.03. The van der Waals surface area contributed by atoms with Crippen molar-refractivity contribution in [1.82, 2.24) is 4.90 Å². The monoisotopic (exact) mass is 275 g/mol. The minimum Gasteiger partial charge on any atom is -0.484 e. The number of morpholine rings is 1. The zero-order valence-corrected chi connectivity index (χ0v) is 11.9. The maximum absolute atomic E-state index is 12.1. The minimum atomic E-state index is 0.0423. The van der Waals surface area contributed by atoms with Crippen LogP contribution >= 0.6 is 0 Å². The third-order valence-corrected chi connectivity index (χ3v) is 4.03. The van der Waals surface area contributed by atoms with Gasteiger partial charge in [0.25, 0.3) is 5.91 Å². The lowest BCUT2D eigenvalue weighted by Gasteiger charge is -2.31. The Morgan fingerprint density at radius 1 is 1.40 bits per heavy atom. The van der Waals surface area contributed by atoms with E-state index in [2.05, 4.69) is 12.1 Å². The summed E-state index contributed by atoms with van der Waals surface area (Å²) in [5.74, 6) is 0.848. The number of hydrogen-bond acceptors (Lipinski definition) is 3. The molecule has 1 amide bonds. The molecule has 1 atom stereocenters. The van der Waals surface area contributed by atoms with Crippen molar-refractivity contribution in [2.45, 2.75) is 32.3 Å². The molecule has 1 fully saturated rings. The summed E-state index contributed by atoms with van der Waals surface area (Å²) in [4.78, 5) is 13.9. The molecule has 1 aliphatic heterocycles. The van der Waals surface area contributed by atoms with Gasteiger partial charge in [-0.3, -0.25) is 4.79 Å². The Hall–Kier alpha value is -1.55. The van der Waals surface area contributed by atoms with E-state index >= 15 is 0 Å². The highest BCUT2D eigenvalue weighted by atomic mass is 16.5. The van der Waals surface area contributed by atoms with Crippen LogP contribution in [0.5, 0.6) is 5.75 Å². The standard InChI is InChI=1S/C16H21NO3/c1-12-10-17(7-8-19-12)16(18)11-20-15-6-5-13-3-2-4-14(13)9-15/h5-6,9,12H,2-4,7-8,10-11H2,1H3. The van der Waals surface area contributed by atoms with Crippen molar-refractivity contribution in [3.8, 4) is 5.75 Å². The van der Waals surface area contributed by atoms with Gasteiger partial charge < -0.3 is 14.4 Å². The predicted octanol–water partition coefficient (Wildman–Crippen LogP) is 1.80. The van der Waals surface area contributed by atoms with Gasteiger partial charge in [0.15, 0.2) is 6.61 Å². The lowest BCUT2D eigenvalue weighted by atomic mass is 10.1. The number of aryl methyl sites for hydroxylation is 2. The topological polar surface area (TPSA) is 38.8 Å². The maximum Gasteiger partial charge on any atom is 0.260 e. The molecular weight excluding hydrogens is 254 g/mol. The highest BCUT2D eigenvalue weighted by Crippen LogP contribution is 2.26. The van der Waals surface area contributed by atoms with Crippen LogP contribution in [0.4, 0.5) is 0 Å². The summed E-state index contributed by atoms with van der Waals surface area (Å²) in [6, 6.07) is 6.18. The molecule has 108 valence electrons. The van der Waals surface area contributed by atoms with Gasteiger partial charge in [-0.25, -0.2) is 0 Å². The molecule has 0 N–H and O–H groups in total.